The molecule has 0 saturated heterocycles. The van der Waals surface area contributed by atoms with Crippen molar-refractivity contribution in [3.8, 4) is 17.2 Å². The summed E-state index contributed by atoms with van der Waals surface area (Å²) in [5.74, 6) is 1.42. The Morgan fingerprint density at radius 1 is 1.22 bits per heavy atom. The van der Waals surface area contributed by atoms with E-state index in [0.717, 1.165) is 5.56 Å². The molecular weight excluding hydrogens is 480 g/mol. The highest BCUT2D eigenvalue weighted by molar-refractivity contribution is 9.11. The van der Waals surface area contributed by atoms with Gasteiger partial charge in [-0.05, 0) is 69.0 Å². The fourth-order valence-corrected chi connectivity index (χ4v) is 4.34. The van der Waals surface area contributed by atoms with Crippen LogP contribution in [0.25, 0.3) is 11.0 Å². The van der Waals surface area contributed by atoms with E-state index in [1.165, 1.54) is 7.11 Å². The molecule has 7 heteroatoms. The number of aryl methyl sites for hydroxylation is 1. The Morgan fingerprint density at radius 2 is 1.93 bits per heavy atom. The van der Waals surface area contributed by atoms with Gasteiger partial charge in [0.2, 0.25) is 0 Å². The number of carbonyl (C=O) groups is 1. The molecule has 5 nitrogen and oxygen atoms in total. The minimum Gasteiger partial charge on any atom is -0.508 e. The first kappa shape index (κ1) is 19.8. The van der Waals surface area contributed by atoms with Crippen molar-refractivity contribution in [1.82, 2.24) is 0 Å². The van der Waals surface area contributed by atoms with Gasteiger partial charge in [0.15, 0.2) is 5.75 Å². The molecule has 0 aliphatic rings. The Morgan fingerprint density at radius 3 is 2.56 bits per heavy atom. The molecule has 0 unspecified atom stereocenters. The van der Waals surface area contributed by atoms with Crippen LogP contribution < -0.4 is 4.74 Å². The summed E-state index contributed by atoms with van der Waals surface area (Å²) >= 11 is 7.04. The number of hydrogen-bond donors (Lipinski definition) is 1. The van der Waals surface area contributed by atoms with Crippen LogP contribution in [0, 0.1) is 6.92 Å². The number of halogens is 2. The fourth-order valence-electron chi connectivity index (χ4n) is 2.90. The molecular formula is C20H18Br2O5. The fraction of sp³-hybridized carbons (Fsp3) is 0.250. The molecule has 1 N–H and O–H groups in total. The first-order valence-electron chi connectivity index (χ1n) is 8.24. The smallest absolute Gasteiger partial charge is 0.342 e. The molecule has 0 aliphatic carbocycles. The number of phenolic OH excluding ortho intramolecular Hbond substituents is 1. The average Bonchev–Trinajstić information content (AvgIpc) is 2.94. The molecule has 0 saturated carbocycles. The number of benzene rings is 2. The molecule has 142 valence electrons. The van der Waals surface area contributed by atoms with Crippen molar-refractivity contribution in [2.45, 2.75) is 26.7 Å². The normalized spacial score (nSPS) is 11.2. The number of carbonyl (C=O) groups excluding carboxylic acids is 1. The Balaban J connectivity index is 2.15. The van der Waals surface area contributed by atoms with Gasteiger partial charge in [0, 0.05) is 5.56 Å². The molecule has 3 rings (SSSR count). The molecule has 0 aliphatic heterocycles. The van der Waals surface area contributed by atoms with Crippen molar-refractivity contribution in [2.75, 3.05) is 7.11 Å². The lowest BCUT2D eigenvalue weighted by molar-refractivity contribution is 0.0600. The lowest BCUT2D eigenvalue weighted by Crippen LogP contribution is -2.02. The van der Waals surface area contributed by atoms with E-state index in [-0.39, 0.29) is 11.7 Å². The molecule has 0 radical (unpaired) electrons. The highest BCUT2D eigenvalue weighted by atomic mass is 79.9. The Labute approximate surface area is 173 Å². The van der Waals surface area contributed by atoms with Crippen LogP contribution in [-0.4, -0.2) is 18.2 Å². The number of phenols is 1. The van der Waals surface area contributed by atoms with Crippen LogP contribution in [-0.2, 0) is 4.74 Å². The number of methoxy groups -OCH3 is 1. The minimum atomic E-state index is -0.480. The number of rotatable bonds is 4. The molecule has 1 heterocycles. The maximum absolute atomic E-state index is 12.2. The van der Waals surface area contributed by atoms with Gasteiger partial charge >= 0.3 is 5.97 Å². The second-order valence-electron chi connectivity index (χ2n) is 6.38. The molecule has 0 atom stereocenters. The van der Waals surface area contributed by atoms with Crippen LogP contribution in [0.15, 0.2) is 37.6 Å². The van der Waals surface area contributed by atoms with Crippen molar-refractivity contribution in [1.29, 1.82) is 0 Å². The van der Waals surface area contributed by atoms with Crippen LogP contribution in [0.4, 0.5) is 0 Å². The van der Waals surface area contributed by atoms with Gasteiger partial charge in [-0.2, -0.15) is 0 Å². The number of fused-ring (bicyclic) bond motifs is 1. The van der Waals surface area contributed by atoms with Gasteiger partial charge in [0.05, 0.1) is 21.4 Å². The van der Waals surface area contributed by atoms with Crippen molar-refractivity contribution in [3.05, 3.63) is 50.1 Å². The highest BCUT2D eigenvalue weighted by Crippen LogP contribution is 2.45. The highest BCUT2D eigenvalue weighted by Gasteiger charge is 2.25. The standard InChI is InChI=1S/C20H18Br2O5/c1-9(2)12-7-11(5-6-14(12)23)27-19-13(21)8-15-17(18(19)22)16(10(3)26-15)20(24)25-4/h5-9,23H,1-4H3. The maximum Gasteiger partial charge on any atom is 0.342 e. The zero-order chi connectivity index (χ0) is 19.9. The summed E-state index contributed by atoms with van der Waals surface area (Å²) in [6, 6.07) is 6.84. The molecule has 0 amide bonds. The van der Waals surface area contributed by atoms with E-state index in [4.69, 9.17) is 13.9 Å². The van der Waals surface area contributed by atoms with Gasteiger partial charge in [-0.25, -0.2) is 4.79 Å². The largest absolute Gasteiger partial charge is 0.508 e. The average molecular weight is 498 g/mol. The second-order valence-corrected chi connectivity index (χ2v) is 8.02. The van der Waals surface area contributed by atoms with Gasteiger partial charge in [0.1, 0.15) is 28.4 Å². The van der Waals surface area contributed by atoms with Crippen molar-refractivity contribution < 1.29 is 23.8 Å². The van der Waals surface area contributed by atoms with Gasteiger partial charge in [-0.15, -0.1) is 0 Å². The quantitative estimate of drug-likeness (QED) is 0.407. The lowest BCUT2D eigenvalue weighted by Gasteiger charge is -2.14. The van der Waals surface area contributed by atoms with Crippen molar-refractivity contribution in [3.63, 3.8) is 0 Å². The number of hydrogen-bond acceptors (Lipinski definition) is 5. The van der Waals surface area contributed by atoms with E-state index in [2.05, 4.69) is 31.9 Å². The van der Waals surface area contributed by atoms with E-state index in [9.17, 15) is 9.90 Å². The van der Waals surface area contributed by atoms with Crippen LogP contribution in [0.1, 0.15) is 41.4 Å². The Bertz CT molecular complexity index is 1040. The van der Waals surface area contributed by atoms with Crippen LogP contribution in [0.2, 0.25) is 0 Å². The van der Waals surface area contributed by atoms with Crippen molar-refractivity contribution >= 4 is 48.8 Å². The molecule has 0 spiro atoms. The first-order valence-corrected chi connectivity index (χ1v) is 9.83. The maximum atomic E-state index is 12.2. The molecule has 1 aromatic heterocycles. The first-order chi connectivity index (χ1) is 12.7. The van der Waals surface area contributed by atoms with E-state index in [1.807, 2.05) is 13.8 Å². The van der Waals surface area contributed by atoms with E-state index in [1.54, 1.807) is 31.2 Å². The van der Waals surface area contributed by atoms with Gasteiger partial charge in [-0.3, -0.25) is 0 Å². The van der Waals surface area contributed by atoms with Gasteiger partial charge in [-0.1, -0.05) is 13.8 Å². The molecule has 27 heavy (non-hydrogen) atoms. The third kappa shape index (κ3) is 3.58. The molecule has 2 aromatic carbocycles. The van der Waals surface area contributed by atoms with Gasteiger partial charge < -0.3 is 19.0 Å². The summed E-state index contributed by atoms with van der Waals surface area (Å²) in [7, 11) is 1.33. The van der Waals surface area contributed by atoms with E-state index in [0.29, 0.717) is 42.7 Å². The van der Waals surface area contributed by atoms with Crippen molar-refractivity contribution in [2.24, 2.45) is 0 Å². The summed E-state index contributed by atoms with van der Waals surface area (Å²) in [6.45, 7) is 5.70. The minimum absolute atomic E-state index is 0.144. The topological polar surface area (TPSA) is 68.9 Å². The van der Waals surface area contributed by atoms with Gasteiger partial charge in [0.25, 0.3) is 0 Å². The molecule has 3 aromatic rings. The Kier molecular flexibility index (Phi) is 5.53. The monoisotopic (exact) mass is 496 g/mol. The summed E-state index contributed by atoms with van der Waals surface area (Å²) in [5, 5.41) is 10.6. The second kappa shape index (κ2) is 7.56. The number of ether oxygens (including phenoxy) is 2. The van der Waals surface area contributed by atoms with Crippen LogP contribution >= 0.6 is 31.9 Å². The van der Waals surface area contributed by atoms with Crippen LogP contribution in [0.5, 0.6) is 17.2 Å². The predicted octanol–water partition coefficient (Wildman–Crippen LogP) is 6.67. The Hall–Kier alpha value is -1.99. The summed E-state index contributed by atoms with van der Waals surface area (Å²) < 4.78 is 17.9. The SMILES string of the molecule is COC(=O)c1c(C)oc2cc(Br)c(Oc3ccc(O)c(C(C)C)c3)c(Br)c12. The molecule has 0 fully saturated rings. The predicted molar refractivity (Wildman–Crippen MR) is 110 cm³/mol. The number of furan rings is 1. The van der Waals surface area contributed by atoms with E-state index < -0.39 is 5.97 Å². The summed E-state index contributed by atoms with van der Waals surface area (Å²) in [5.41, 5.74) is 1.67. The zero-order valence-electron chi connectivity index (χ0n) is 15.2. The lowest BCUT2D eigenvalue weighted by atomic mass is 10.0. The number of esters is 1. The third-order valence-electron chi connectivity index (χ3n) is 4.24. The third-order valence-corrected chi connectivity index (χ3v) is 5.58. The number of aromatic hydroxyl groups is 1. The summed E-state index contributed by atoms with van der Waals surface area (Å²) in [4.78, 5) is 12.2. The zero-order valence-corrected chi connectivity index (χ0v) is 18.4. The molecule has 0 bridgehead atoms. The van der Waals surface area contributed by atoms with Crippen LogP contribution in [0.3, 0.4) is 0 Å². The summed E-state index contributed by atoms with van der Waals surface area (Å²) in [6.07, 6.45) is 0. The van der Waals surface area contributed by atoms with E-state index >= 15 is 0 Å².